The van der Waals surface area contributed by atoms with Crippen LogP contribution >= 0.6 is 0 Å². The van der Waals surface area contributed by atoms with Crippen LogP contribution in [0.3, 0.4) is 0 Å². The van der Waals surface area contributed by atoms with Crippen LogP contribution in [0.4, 0.5) is 15.8 Å². The largest absolute Gasteiger partial charge is 0.452 e. The Balaban J connectivity index is 1.41. The van der Waals surface area contributed by atoms with Gasteiger partial charge in [0.05, 0.1) is 16.5 Å². The lowest BCUT2D eigenvalue weighted by atomic mass is 10.1. The Morgan fingerprint density at radius 3 is 2.66 bits per heavy atom. The zero-order valence-electron chi connectivity index (χ0n) is 16.8. The zero-order chi connectivity index (χ0) is 22.8. The fourth-order valence-electron chi connectivity index (χ4n) is 3.33. The Kier molecular flexibility index (Phi) is 5.63. The molecule has 2 aromatic carbocycles. The first-order valence-electron chi connectivity index (χ1n) is 9.67. The van der Waals surface area contributed by atoms with Crippen LogP contribution in [0.25, 0.3) is 11.5 Å². The number of ether oxygens (including phenoxy) is 1. The summed E-state index contributed by atoms with van der Waals surface area (Å²) < 4.78 is 24.9. The van der Waals surface area contributed by atoms with E-state index >= 15 is 0 Å². The highest BCUT2D eigenvalue weighted by Gasteiger charge is 2.38. The normalized spacial score (nSPS) is 16.8. The van der Waals surface area contributed by atoms with E-state index in [1.54, 1.807) is 6.07 Å². The van der Waals surface area contributed by atoms with Crippen molar-refractivity contribution in [3.05, 3.63) is 70.4 Å². The van der Waals surface area contributed by atoms with Crippen LogP contribution in [-0.4, -0.2) is 33.5 Å². The molecule has 164 valence electrons. The van der Waals surface area contributed by atoms with Gasteiger partial charge < -0.3 is 14.1 Å². The predicted octanol–water partition coefficient (Wildman–Crippen LogP) is 3.44. The molecule has 2 atom stereocenters. The second kappa shape index (κ2) is 8.53. The molecule has 0 radical (unpaired) electrons. The molecule has 32 heavy (non-hydrogen) atoms. The number of benzene rings is 2. The molecule has 1 aromatic heterocycles. The minimum absolute atomic E-state index is 0.00317. The van der Waals surface area contributed by atoms with Gasteiger partial charge in [-0.25, -0.2) is 4.39 Å². The van der Waals surface area contributed by atoms with E-state index in [2.05, 4.69) is 10.2 Å². The molecular formula is C21H17FN4O6. The lowest BCUT2D eigenvalue weighted by molar-refractivity contribution is -0.384. The SMILES string of the molecule is C[C@@H](OC(=O)[C@H]1CC(=O)N(c2ccccc2F)C1)c1nnc(-c2ccc([N+](=O)[O-])cc2)o1. The Bertz CT molecular complexity index is 1180. The molecule has 0 N–H and O–H groups in total. The third-order valence-corrected chi connectivity index (χ3v) is 5.01. The number of halogens is 1. The monoisotopic (exact) mass is 440 g/mol. The maximum Gasteiger partial charge on any atom is 0.312 e. The first kappa shape index (κ1) is 21.1. The molecular weight excluding hydrogens is 423 g/mol. The van der Waals surface area contributed by atoms with Crippen LogP contribution < -0.4 is 4.90 Å². The van der Waals surface area contributed by atoms with Gasteiger partial charge in [0.25, 0.3) is 11.6 Å². The number of para-hydroxylation sites is 1. The quantitative estimate of drug-likeness (QED) is 0.324. The van der Waals surface area contributed by atoms with Gasteiger partial charge in [-0.05, 0) is 31.2 Å². The summed E-state index contributed by atoms with van der Waals surface area (Å²) in [7, 11) is 0. The number of nitro benzene ring substituents is 1. The molecule has 0 bridgehead atoms. The van der Waals surface area contributed by atoms with E-state index in [0.717, 1.165) is 0 Å². The number of hydrogen-bond donors (Lipinski definition) is 0. The number of carbonyl (C=O) groups excluding carboxylic acids is 2. The minimum Gasteiger partial charge on any atom is -0.452 e. The smallest absolute Gasteiger partial charge is 0.312 e. The van der Waals surface area contributed by atoms with Crippen molar-refractivity contribution in [3.8, 4) is 11.5 Å². The van der Waals surface area contributed by atoms with E-state index in [1.165, 1.54) is 54.3 Å². The number of nitrogens with zero attached hydrogens (tertiary/aromatic N) is 4. The number of aromatic nitrogens is 2. The maximum absolute atomic E-state index is 14.0. The van der Waals surface area contributed by atoms with Gasteiger partial charge in [-0.2, -0.15) is 0 Å². The Labute approximate surface area is 180 Å². The molecule has 10 nitrogen and oxygen atoms in total. The van der Waals surface area contributed by atoms with Crippen LogP contribution in [0.1, 0.15) is 25.3 Å². The molecule has 11 heteroatoms. The van der Waals surface area contributed by atoms with Crippen molar-refractivity contribution in [2.45, 2.75) is 19.4 Å². The summed E-state index contributed by atoms with van der Waals surface area (Å²) in [5, 5.41) is 18.5. The molecule has 2 heterocycles. The number of amides is 1. The van der Waals surface area contributed by atoms with Gasteiger partial charge in [-0.15, -0.1) is 10.2 Å². The van der Waals surface area contributed by atoms with Crippen LogP contribution in [-0.2, 0) is 14.3 Å². The second-order valence-corrected chi connectivity index (χ2v) is 7.19. The van der Waals surface area contributed by atoms with Gasteiger partial charge in [0.1, 0.15) is 5.82 Å². The molecule has 4 rings (SSSR count). The standard InChI is InChI=1S/C21H17FN4O6/c1-12(19-23-24-20(32-19)13-6-8-15(9-7-13)26(29)30)31-21(28)14-10-18(27)25(11-14)17-5-3-2-4-16(17)22/h2-9,12,14H,10-11H2,1H3/t12-,14+/m1/s1. The lowest BCUT2D eigenvalue weighted by Crippen LogP contribution is -2.27. The summed E-state index contributed by atoms with van der Waals surface area (Å²) in [6.07, 6.45) is -0.989. The van der Waals surface area contributed by atoms with E-state index in [0.29, 0.717) is 5.56 Å². The third kappa shape index (κ3) is 4.17. The Morgan fingerprint density at radius 1 is 1.25 bits per heavy atom. The van der Waals surface area contributed by atoms with Crippen molar-refractivity contribution in [2.24, 2.45) is 5.92 Å². The average molecular weight is 440 g/mol. The van der Waals surface area contributed by atoms with Crippen LogP contribution in [0, 0.1) is 21.8 Å². The van der Waals surface area contributed by atoms with Gasteiger partial charge in [0.15, 0.2) is 6.10 Å². The van der Waals surface area contributed by atoms with Gasteiger partial charge in [-0.3, -0.25) is 19.7 Å². The number of non-ortho nitro benzene ring substituents is 1. The molecule has 0 aliphatic carbocycles. The van der Waals surface area contributed by atoms with E-state index in [9.17, 15) is 24.1 Å². The van der Waals surface area contributed by atoms with E-state index in [-0.39, 0.29) is 42.0 Å². The summed E-state index contributed by atoms with van der Waals surface area (Å²) in [4.78, 5) is 36.3. The first-order chi connectivity index (χ1) is 15.3. The van der Waals surface area contributed by atoms with Gasteiger partial charge in [0, 0.05) is 30.7 Å². The summed E-state index contributed by atoms with van der Waals surface area (Å²) in [5.74, 6) is -2.18. The van der Waals surface area contributed by atoms with Crippen molar-refractivity contribution in [1.82, 2.24) is 10.2 Å². The average Bonchev–Trinajstić information content (AvgIpc) is 3.41. The number of anilines is 1. The molecule has 1 saturated heterocycles. The molecule has 1 aliphatic heterocycles. The maximum atomic E-state index is 14.0. The van der Waals surface area contributed by atoms with E-state index in [1.807, 2.05) is 0 Å². The van der Waals surface area contributed by atoms with Crippen molar-refractivity contribution in [2.75, 3.05) is 11.4 Å². The van der Waals surface area contributed by atoms with Gasteiger partial charge >= 0.3 is 5.97 Å². The number of hydrogen-bond acceptors (Lipinski definition) is 8. The van der Waals surface area contributed by atoms with Crippen molar-refractivity contribution in [1.29, 1.82) is 0 Å². The lowest BCUT2D eigenvalue weighted by Gasteiger charge is -2.17. The Hall–Kier alpha value is -4.15. The first-order valence-corrected chi connectivity index (χ1v) is 9.67. The number of carbonyl (C=O) groups is 2. The highest BCUT2D eigenvalue weighted by Crippen LogP contribution is 2.30. The minimum atomic E-state index is -0.889. The van der Waals surface area contributed by atoms with Gasteiger partial charge in [0.2, 0.25) is 11.8 Å². The molecule has 1 fully saturated rings. The third-order valence-electron chi connectivity index (χ3n) is 5.01. The summed E-state index contributed by atoms with van der Waals surface area (Å²) >= 11 is 0. The summed E-state index contributed by atoms with van der Waals surface area (Å²) in [6, 6.07) is 11.4. The predicted molar refractivity (Wildman–Crippen MR) is 108 cm³/mol. The summed E-state index contributed by atoms with van der Waals surface area (Å²) in [5.41, 5.74) is 0.506. The van der Waals surface area contributed by atoms with Crippen molar-refractivity contribution < 1.29 is 28.1 Å². The van der Waals surface area contributed by atoms with E-state index < -0.39 is 28.7 Å². The fraction of sp³-hybridized carbons (Fsp3) is 0.238. The van der Waals surface area contributed by atoms with Crippen LogP contribution in [0.15, 0.2) is 52.9 Å². The van der Waals surface area contributed by atoms with Gasteiger partial charge in [-0.1, -0.05) is 12.1 Å². The summed E-state index contributed by atoms with van der Waals surface area (Å²) in [6.45, 7) is 1.54. The molecule has 3 aromatic rings. The van der Waals surface area contributed by atoms with E-state index in [4.69, 9.17) is 9.15 Å². The van der Waals surface area contributed by atoms with Crippen LogP contribution in [0.5, 0.6) is 0 Å². The molecule has 1 aliphatic rings. The topological polar surface area (TPSA) is 129 Å². The Morgan fingerprint density at radius 2 is 1.97 bits per heavy atom. The highest BCUT2D eigenvalue weighted by molar-refractivity contribution is 5.99. The molecule has 0 spiro atoms. The van der Waals surface area contributed by atoms with Crippen LogP contribution in [0.2, 0.25) is 0 Å². The highest BCUT2D eigenvalue weighted by atomic mass is 19.1. The van der Waals surface area contributed by atoms with Crippen molar-refractivity contribution in [3.63, 3.8) is 0 Å². The molecule has 1 amide bonds. The zero-order valence-corrected chi connectivity index (χ0v) is 16.8. The number of nitro groups is 1. The molecule has 0 unspecified atom stereocenters. The fourth-order valence-corrected chi connectivity index (χ4v) is 3.33. The molecule has 0 saturated carbocycles. The number of rotatable bonds is 6. The number of esters is 1. The second-order valence-electron chi connectivity index (χ2n) is 7.19. The van der Waals surface area contributed by atoms with Crippen molar-refractivity contribution >= 4 is 23.3 Å².